The number of hydrogen-bond acceptors (Lipinski definition) is 9. The molecule has 1 aliphatic carbocycles. The average molecular weight is 586 g/mol. The average Bonchev–Trinajstić information content (AvgIpc) is 3.41. The highest BCUT2D eigenvalue weighted by Crippen LogP contribution is 2.30. The van der Waals surface area contributed by atoms with Gasteiger partial charge in [-0.15, -0.1) is 0 Å². The zero-order valence-electron chi connectivity index (χ0n) is 23.6. The Morgan fingerprint density at radius 2 is 1.88 bits per heavy atom. The Kier molecular flexibility index (Phi) is 9.05. The maximum absolute atomic E-state index is 12.9. The number of likely N-dealkylation sites (tertiary alicyclic amines) is 1. The summed E-state index contributed by atoms with van der Waals surface area (Å²) in [5.74, 6) is 2.05. The number of aliphatic hydroxyl groups is 1. The molecule has 2 fully saturated rings. The number of sulfonamides is 1. The summed E-state index contributed by atoms with van der Waals surface area (Å²) >= 11 is 0. The topological polar surface area (TPSA) is 143 Å². The molecule has 1 saturated carbocycles. The Bertz CT molecular complexity index is 1450. The van der Waals surface area contributed by atoms with Gasteiger partial charge in [-0.25, -0.2) is 22.4 Å². The van der Waals surface area contributed by atoms with Gasteiger partial charge in [0.2, 0.25) is 21.9 Å². The monoisotopic (exact) mass is 585 g/mol. The molecule has 1 aliphatic heterocycles. The Morgan fingerprint density at radius 1 is 1.12 bits per heavy atom. The summed E-state index contributed by atoms with van der Waals surface area (Å²) in [6.07, 6.45) is 8.22. The SMILES string of the molecule is CN(C)S(=O)(=O)CCCOc1cccc2c1cnn2-c1ccnc(N[C@H]2CC[C@H](C(=O)N3CCC(O)CC3)CC2)n1. The van der Waals surface area contributed by atoms with E-state index in [1.54, 1.807) is 23.1 Å². The number of anilines is 1. The minimum atomic E-state index is -3.26. The first-order valence-corrected chi connectivity index (χ1v) is 15.9. The van der Waals surface area contributed by atoms with E-state index in [0.29, 0.717) is 49.9 Å². The molecule has 3 heterocycles. The number of piperidine rings is 1. The van der Waals surface area contributed by atoms with Crippen molar-refractivity contribution in [1.29, 1.82) is 0 Å². The van der Waals surface area contributed by atoms with Crippen LogP contribution in [0.2, 0.25) is 0 Å². The van der Waals surface area contributed by atoms with Crippen LogP contribution in [0.4, 0.5) is 5.95 Å². The van der Waals surface area contributed by atoms with E-state index in [4.69, 9.17) is 9.72 Å². The van der Waals surface area contributed by atoms with Crippen molar-refractivity contribution >= 4 is 32.8 Å². The van der Waals surface area contributed by atoms with Crippen molar-refractivity contribution in [3.05, 3.63) is 36.7 Å². The number of aliphatic hydroxyl groups excluding tert-OH is 1. The first-order valence-electron chi connectivity index (χ1n) is 14.3. The maximum atomic E-state index is 12.9. The zero-order valence-corrected chi connectivity index (χ0v) is 24.5. The van der Waals surface area contributed by atoms with Gasteiger partial charge >= 0.3 is 0 Å². The van der Waals surface area contributed by atoms with Crippen LogP contribution in [-0.2, 0) is 14.8 Å². The summed E-state index contributed by atoms with van der Waals surface area (Å²) in [4.78, 5) is 24.0. The Morgan fingerprint density at radius 3 is 2.61 bits per heavy atom. The highest BCUT2D eigenvalue weighted by atomic mass is 32.2. The second-order valence-electron chi connectivity index (χ2n) is 11.0. The number of ether oxygens (including phenoxy) is 1. The summed E-state index contributed by atoms with van der Waals surface area (Å²) < 4.78 is 32.9. The van der Waals surface area contributed by atoms with Crippen molar-refractivity contribution in [1.82, 2.24) is 29.0 Å². The van der Waals surface area contributed by atoms with Crippen LogP contribution in [0.3, 0.4) is 0 Å². The number of fused-ring (bicyclic) bond motifs is 1. The number of carbonyl (C=O) groups excluding carboxylic acids is 1. The van der Waals surface area contributed by atoms with Crippen molar-refractivity contribution < 1.29 is 23.1 Å². The predicted octanol–water partition coefficient (Wildman–Crippen LogP) is 2.43. The summed E-state index contributed by atoms with van der Waals surface area (Å²) in [6, 6.07) is 7.63. The molecule has 0 bridgehead atoms. The van der Waals surface area contributed by atoms with Gasteiger partial charge in [-0.2, -0.15) is 10.1 Å². The summed E-state index contributed by atoms with van der Waals surface area (Å²) in [7, 11) is -0.213. The van der Waals surface area contributed by atoms with Gasteiger partial charge in [0.05, 0.1) is 35.6 Å². The van der Waals surface area contributed by atoms with Gasteiger partial charge < -0.3 is 20.1 Å². The number of nitrogens with one attached hydrogen (secondary N) is 1. The predicted molar refractivity (Wildman–Crippen MR) is 155 cm³/mol. The van der Waals surface area contributed by atoms with E-state index in [9.17, 15) is 18.3 Å². The van der Waals surface area contributed by atoms with Crippen molar-refractivity contribution in [2.24, 2.45) is 5.92 Å². The lowest BCUT2D eigenvalue weighted by atomic mass is 9.85. The van der Waals surface area contributed by atoms with Gasteiger partial charge in [0.1, 0.15) is 5.75 Å². The van der Waals surface area contributed by atoms with E-state index in [1.807, 2.05) is 23.1 Å². The van der Waals surface area contributed by atoms with Crippen LogP contribution < -0.4 is 10.1 Å². The van der Waals surface area contributed by atoms with Crippen LogP contribution >= 0.6 is 0 Å². The van der Waals surface area contributed by atoms with Crippen LogP contribution in [-0.4, -0.2) is 100 Å². The molecule has 41 heavy (non-hydrogen) atoms. The minimum Gasteiger partial charge on any atom is -0.493 e. The quantitative estimate of drug-likeness (QED) is 0.343. The number of rotatable bonds is 10. The lowest BCUT2D eigenvalue weighted by Crippen LogP contribution is -2.44. The molecule has 222 valence electrons. The second kappa shape index (κ2) is 12.7. The third-order valence-electron chi connectivity index (χ3n) is 7.98. The molecule has 2 aromatic heterocycles. The van der Waals surface area contributed by atoms with Crippen LogP contribution in [0.1, 0.15) is 44.9 Å². The van der Waals surface area contributed by atoms with E-state index in [1.165, 1.54) is 18.4 Å². The Hall–Kier alpha value is -3.29. The lowest BCUT2D eigenvalue weighted by molar-refractivity contribution is -0.138. The van der Waals surface area contributed by atoms with E-state index < -0.39 is 10.0 Å². The molecule has 2 aliphatic rings. The van der Waals surface area contributed by atoms with Crippen LogP contribution in [0.25, 0.3) is 16.7 Å². The highest BCUT2D eigenvalue weighted by molar-refractivity contribution is 7.89. The third kappa shape index (κ3) is 6.96. The van der Waals surface area contributed by atoms with Crippen molar-refractivity contribution in [3.8, 4) is 11.6 Å². The van der Waals surface area contributed by atoms with Gasteiger partial charge in [0.25, 0.3) is 0 Å². The smallest absolute Gasteiger partial charge is 0.225 e. The van der Waals surface area contributed by atoms with Gasteiger partial charge in [-0.05, 0) is 57.1 Å². The van der Waals surface area contributed by atoms with Gasteiger partial charge in [0.15, 0.2) is 5.82 Å². The zero-order chi connectivity index (χ0) is 29.0. The number of carbonyl (C=O) groups is 1. The van der Waals surface area contributed by atoms with E-state index in [-0.39, 0.29) is 36.3 Å². The second-order valence-corrected chi connectivity index (χ2v) is 13.3. The molecule has 0 radical (unpaired) electrons. The van der Waals surface area contributed by atoms with Gasteiger partial charge in [-0.3, -0.25) is 4.79 Å². The number of nitrogens with zero attached hydrogens (tertiary/aromatic N) is 6. The van der Waals surface area contributed by atoms with Crippen LogP contribution in [0, 0.1) is 5.92 Å². The first-order chi connectivity index (χ1) is 19.7. The maximum Gasteiger partial charge on any atom is 0.225 e. The van der Waals surface area contributed by atoms with E-state index >= 15 is 0 Å². The Balaban J connectivity index is 1.18. The number of amides is 1. The van der Waals surface area contributed by atoms with Crippen LogP contribution in [0.5, 0.6) is 5.75 Å². The number of hydrogen-bond donors (Lipinski definition) is 2. The summed E-state index contributed by atoms with van der Waals surface area (Å²) in [6.45, 7) is 1.57. The van der Waals surface area contributed by atoms with Crippen molar-refractivity contribution in [2.45, 2.75) is 57.1 Å². The number of aromatic nitrogens is 4. The molecule has 1 amide bonds. The first kappa shape index (κ1) is 29.2. The van der Waals surface area contributed by atoms with E-state index in [0.717, 1.165) is 36.6 Å². The fourth-order valence-electron chi connectivity index (χ4n) is 5.49. The molecule has 1 aromatic carbocycles. The molecule has 2 N–H and O–H groups in total. The molecule has 0 spiro atoms. The van der Waals surface area contributed by atoms with Gasteiger partial charge in [0, 0.05) is 51.4 Å². The molecule has 12 nitrogen and oxygen atoms in total. The highest BCUT2D eigenvalue weighted by Gasteiger charge is 2.31. The molecule has 0 atom stereocenters. The van der Waals surface area contributed by atoms with Crippen molar-refractivity contribution in [3.63, 3.8) is 0 Å². The molecule has 13 heteroatoms. The summed E-state index contributed by atoms with van der Waals surface area (Å²) in [5, 5.41) is 18.5. The molecule has 0 unspecified atom stereocenters. The molecule has 5 rings (SSSR count). The number of benzene rings is 1. The van der Waals surface area contributed by atoms with Gasteiger partial charge in [-0.1, -0.05) is 6.07 Å². The lowest BCUT2D eigenvalue weighted by Gasteiger charge is -2.35. The molecular formula is C28H39N7O5S. The fourth-order valence-corrected chi connectivity index (χ4v) is 6.34. The normalized spacial score (nSPS) is 20.4. The molecule has 1 saturated heterocycles. The standard InChI is InChI=1S/C28H39N7O5S/c1-33(2)41(38,39)18-4-17-40-25-6-3-5-24-23(25)19-30-35(24)26-11-14-29-28(32-26)31-21-9-7-20(8-10-21)27(37)34-15-12-22(36)13-16-34/h3,5-6,11,14,19-22,36H,4,7-10,12-13,15-18H2,1-2H3,(H,29,31,32)/t20-,21-. The third-order valence-corrected chi connectivity index (χ3v) is 9.90. The largest absolute Gasteiger partial charge is 0.493 e. The fraction of sp³-hybridized carbons (Fsp3) is 0.571. The van der Waals surface area contributed by atoms with E-state index in [2.05, 4.69) is 15.4 Å². The minimum absolute atomic E-state index is 0.0212. The molecule has 3 aromatic rings. The summed E-state index contributed by atoms with van der Waals surface area (Å²) in [5.41, 5.74) is 0.817. The van der Waals surface area contributed by atoms with Crippen molar-refractivity contribution in [2.75, 3.05) is 44.9 Å². The Labute approximate surface area is 240 Å². The van der Waals surface area contributed by atoms with Crippen LogP contribution in [0.15, 0.2) is 36.7 Å². The molecular weight excluding hydrogens is 546 g/mol.